The van der Waals surface area contributed by atoms with E-state index in [1.165, 1.54) is 25.1 Å². The number of alkyl halides is 2. The number of carbonyl (C=O) groups is 1. The topological polar surface area (TPSA) is 99.3 Å². The van der Waals surface area contributed by atoms with Gasteiger partial charge in [0.1, 0.15) is 23.7 Å². The lowest BCUT2D eigenvalue weighted by Gasteiger charge is -2.11. The largest absolute Gasteiger partial charge is 0.457 e. The number of ether oxygens (including phenoxy) is 1. The van der Waals surface area contributed by atoms with E-state index in [1.54, 1.807) is 12.1 Å². The number of hydrogen-bond acceptors (Lipinski definition) is 5. The molecule has 1 amide bonds. The highest BCUT2D eigenvalue weighted by Crippen LogP contribution is 2.31. The van der Waals surface area contributed by atoms with E-state index < -0.39 is 23.8 Å². The maximum Gasteiger partial charge on any atom is 0.280 e. The average Bonchev–Trinajstić information content (AvgIpc) is 3.03. The molecule has 30 heavy (non-hydrogen) atoms. The number of non-ortho nitro benzene ring substituents is 1. The number of anilines is 1. The molecule has 0 unspecified atom stereocenters. The Balaban J connectivity index is 1.83. The maximum absolute atomic E-state index is 13.1. The molecule has 3 rings (SSSR count). The van der Waals surface area contributed by atoms with Gasteiger partial charge >= 0.3 is 0 Å². The normalized spacial score (nSPS) is 10.8. The Labute approximate surface area is 170 Å². The third-order valence-electron chi connectivity index (χ3n) is 4.16. The number of para-hydroxylation sites is 1. The number of hydrogen-bond donors (Lipinski definition) is 1. The molecular formula is C20H18F2N4O4. The number of carbonyl (C=O) groups excluding carboxylic acids is 1. The number of nitrogens with one attached hydrogen (secondary N) is 1. The van der Waals surface area contributed by atoms with Gasteiger partial charge in [-0.2, -0.15) is 5.10 Å². The van der Waals surface area contributed by atoms with E-state index in [2.05, 4.69) is 10.4 Å². The molecule has 1 N–H and O–H groups in total. The van der Waals surface area contributed by atoms with Crippen molar-refractivity contribution in [2.45, 2.75) is 26.8 Å². The smallest absolute Gasteiger partial charge is 0.280 e. The molecule has 8 nitrogen and oxygen atoms in total. The molecule has 156 valence electrons. The number of amides is 1. The summed E-state index contributed by atoms with van der Waals surface area (Å²) in [6, 6.07) is 12.1. The minimum absolute atomic E-state index is 0.0975. The molecule has 0 saturated carbocycles. The first-order chi connectivity index (χ1) is 14.2. The van der Waals surface area contributed by atoms with E-state index in [0.29, 0.717) is 11.4 Å². The Bertz CT molecular complexity index is 1100. The van der Waals surface area contributed by atoms with Crippen LogP contribution >= 0.6 is 0 Å². The maximum atomic E-state index is 13.1. The fourth-order valence-corrected chi connectivity index (χ4v) is 2.82. The van der Waals surface area contributed by atoms with Crippen molar-refractivity contribution in [3.05, 3.63) is 75.6 Å². The van der Waals surface area contributed by atoms with Crippen molar-refractivity contribution in [3.8, 4) is 11.5 Å². The Kier molecular flexibility index (Phi) is 6.05. The number of rotatable bonds is 7. The standard InChI is InChI=1S/C20H18F2N4O4/c1-12-5-3-4-6-18(12)30-16-9-14(8-15(10-16)26(28)29)23-19(27)11-25-17(20(21)22)7-13(2)24-25/h3-10,20H,11H2,1-2H3,(H,23,27). The first-order valence-electron chi connectivity index (χ1n) is 8.88. The Morgan fingerprint density at radius 1 is 1.23 bits per heavy atom. The van der Waals surface area contributed by atoms with E-state index in [1.807, 2.05) is 19.1 Å². The number of aryl methyl sites for hydroxylation is 2. The highest BCUT2D eigenvalue weighted by molar-refractivity contribution is 5.91. The van der Waals surface area contributed by atoms with Gasteiger partial charge in [-0.1, -0.05) is 18.2 Å². The van der Waals surface area contributed by atoms with Crippen molar-refractivity contribution in [1.29, 1.82) is 0 Å². The first-order valence-corrected chi connectivity index (χ1v) is 8.88. The zero-order chi connectivity index (χ0) is 21.8. The fourth-order valence-electron chi connectivity index (χ4n) is 2.82. The van der Waals surface area contributed by atoms with E-state index in [4.69, 9.17) is 4.74 Å². The van der Waals surface area contributed by atoms with Gasteiger partial charge in [0.2, 0.25) is 5.91 Å². The van der Waals surface area contributed by atoms with Crippen LogP contribution in [-0.4, -0.2) is 20.6 Å². The molecule has 0 aliphatic carbocycles. The molecule has 0 saturated heterocycles. The highest BCUT2D eigenvalue weighted by atomic mass is 19.3. The minimum Gasteiger partial charge on any atom is -0.457 e. The third-order valence-corrected chi connectivity index (χ3v) is 4.16. The van der Waals surface area contributed by atoms with Crippen molar-refractivity contribution in [2.24, 2.45) is 0 Å². The van der Waals surface area contributed by atoms with E-state index in [-0.39, 0.29) is 22.8 Å². The third kappa shape index (κ3) is 4.96. The summed E-state index contributed by atoms with van der Waals surface area (Å²) < 4.78 is 32.8. The van der Waals surface area contributed by atoms with Gasteiger partial charge in [0.15, 0.2) is 0 Å². The molecule has 0 aliphatic heterocycles. The van der Waals surface area contributed by atoms with Crippen molar-refractivity contribution < 1.29 is 23.2 Å². The number of nitrogens with zero attached hydrogens (tertiary/aromatic N) is 3. The SMILES string of the molecule is Cc1cc(C(F)F)n(CC(=O)Nc2cc(Oc3ccccc3C)cc([N+](=O)[O-])c2)n1. The van der Waals surface area contributed by atoms with Gasteiger partial charge in [-0.25, -0.2) is 8.78 Å². The molecule has 0 aliphatic rings. The van der Waals surface area contributed by atoms with Gasteiger partial charge in [-0.05, 0) is 31.5 Å². The second kappa shape index (κ2) is 8.68. The number of aromatic nitrogens is 2. The van der Waals surface area contributed by atoms with Crippen LogP contribution in [0.25, 0.3) is 0 Å². The monoisotopic (exact) mass is 416 g/mol. The van der Waals surface area contributed by atoms with E-state index >= 15 is 0 Å². The molecule has 0 atom stereocenters. The predicted molar refractivity (Wildman–Crippen MR) is 105 cm³/mol. The zero-order valence-corrected chi connectivity index (χ0v) is 16.1. The molecule has 0 radical (unpaired) electrons. The average molecular weight is 416 g/mol. The molecule has 3 aromatic rings. The van der Waals surface area contributed by atoms with Crippen LogP contribution in [0.2, 0.25) is 0 Å². The summed E-state index contributed by atoms with van der Waals surface area (Å²) in [5.41, 5.74) is 0.593. The molecule has 0 fully saturated rings. The van der Waals surface area contributed by atoms with Gasteiger partial charge in [0, 0.05) is 12.1 Å². The highest BCUT2D eigenvalue weighted by Gasteiger charge is 2.18. The van der Waals surface area contributed by atoms with Crippen LogP contribution in [0.5, 0.6) is 11.5 Å². The summed E-state index contributed by atoms with van der Waals surface area (Å²) in [4.78, 5) is 23.0. The zero-order valence-electron chi connectivity index (χ0n) is 16.1. The molecule has 0 bridgehead atoms. The van der Waals surface area contributed by atoms with Crippen molar-refractivity contribution in [1.82, 2.24) is 9.78 Å². The second-order valence-corrected chi connectivity index (χ2v) is 6.56. The molecule has 0 spiro atoms. The van der Waals surface area contributed by atoms with Crippen LogP contribution in [-0.2, 0) is 11.3 Å². The number of halogens is 2. The van der Waals surface area contributed by atoms with Crippen LogP contribution in [0.15, 0.2) is 48.5 Å². The van der Waals surface area contributed by atoms with Crippen LogP contribution in [0.1, 0.15) is 23.4 Å². The van der Waals surface area contributed by atoms with Crippen LogP contribution < -0.4 is 10.1 Å². The second-order valence-electron chi connectivity index (χ2n) is 6.56. The Hall–Kier alpha value is -3.82. The molecule has 1 heterocycles. The summed E-state index contributed by atoms with van der Waals surface area (Å²) >= 11 is 0. The molecule has 10 heteroatoms. The number of nitro groups is 1. The predicted octanol–water partition coefficient (Wildman–Crippen LogP) is 4.78. The van der Waals surface area contributed by atoms with Crippen LogP contribution in [0, 0.1) is 24.0 Å². The van der Waals surface area contributed by atoms with E-state index in [9.17, 15) is 23.7 Å². The number of benzene rings is 2. The van der Waals surface area contributed by atoms with Gasteiger partial charge in [0.25, 0.3) is 12.1 Å². The van der Waals surface area contributed by atoms with Gasteiger partial charge < -0.3 is 10.1 Å². The summed E-state index contributed by atoms with van der Waals surface area (Å²) in [6.07, 6.45) is -2.79. The van der Waals surface area contributed by atoms with Gasteiger partial charge in [0.05, 0.1) is 22.4 Å². The summed E-state index contributed by atoms with van der Waals surface area (Å²) in [5.74, 6) is -0.0109. The van der Waals surface area contributed by atoms with Crippen LogP contribution in [0.4, 0.5) is 20.2 Å². The number of nitro benzene ring substituents is 1. The van der Waals surface area contributed by atoms with Gasteiger partial charge in [-0.3, -0.25) is 19.6 Å². The summed E-state index contributed by atoms with van der Waals surface area (Å²) in [7, 11) is 0. The van der Waals surface area contributed by atoms with Crippen molar-refractivity contribution >= 4 is 17.3 Å². The lowest BCUT2D eigenvalue weighted by molar-refractivity contribution is -0.384. The fraction of sp³-hybridized carbons (Fsp3) is 0.200. The first kappa shape index (κ1) is 20.9. The molecule has 1 aromatic heterocycles. The Morgan fingerprint density at radius 3 is 2.63 bits per heavy atom. The quantitative estimate of drug-likeness (QED) is 0.442. The van der Waals surface area contributed by atoms with Crippen molar-refractivity contribution in [2.75, 3.05) is 5.32 Å². The lowest BCUT2D eigenvalue weighted by atomic mass is 10.2. The minimum atomic E-state index is -2.79. The summed E-state index contributed by atoms with van der Waals surface area (Å²) in [5, 5.41) is 17.6. The summed E-state index contributed by atoms with van der Waals surface area (Å²) in [6.45, 7) is 2.89. The van der Waals surface area contributed by atoms with E-state index in [0.717, 1.165) is 16.3 Å². The lowest BCUT2D eigenvalue weighted by Crippen LogP contribution is -2.21. The van der Waals surface area contributed by atoms with Crippen LogP contribution in [0.3, 0.4) is 0 Å². The van der Waals surface area contributed by atoms with Gasteiger partial charge in [-0.15, -0.1) is 0 Å². The molecule has 2 aromatic carbocycles. The van der Waals surface area contributed by atoms with Crippen molar-refractivity contribution in [3.63, 3.8) is 0 Å². The molecular weight excluding hydrogens is 398 g/mol. The Morgan fingerprint density at radius 2 is 1.97 bits per heavy atom.